The Kier molecular flexibility index (Phi) is 6.83. The molecule has 4 aliphatic carbocycles. The molecule has 0 heterocycles. The van der Waals surface area contributed by atoms with E-state index in [0.29, 0.717) is 10.8 Å². The maximum atomic E-state index is 2.83. The number of rotatable bonds is 7. The molecule has 4 aliphatic rings. The Balaban J connectivity index is 1.51. The summed E-state index contributed by atoms with van der Waals surface area (Å²) in [7, 11) is 0. The van der Waals surface area contributed by atoms with E-state index in [9.17, 15) is 0 Å². The topological polar surface area (TPSA) is 0 Å². The fourth-order valence-electron chi connectivity index (χ4n) is 9.56. The van der Waals surface area contributed by atoms with Crippen molar-refractivity contribution < 1.29 is 0 Å². The van der Waals surface area contributed by atoms with Gasteiger partial charge in [-0.1, -0.05) is 98.1 Å². The number of hydrogen-bond acceptors (Lipinski definition) is 0. The summed E-state index contributed by atoms with van der Waals surface area (Å²) in [5, 5.41) is 0. The molecule has 0 aromatic rings. The van der Waals surface area contributed by atoms with Gasteiger partial charge in [0.1, 0.15) is 0 Å². The second-order valence-electron chi connectivity index (χ2n) is 13.1. The van der Waals surface area contributed by atoms with Crippen LogP contribution in [0, 0.1) is 52.3 Å². The highest BCUT2D eigenvalue weighted by atomic mass is 14.6. The molecule has 0 amide bonds. The van der Waals surface area contributed by atoms with Crippen LogP contribution in [0.5, 0.6) is 0 Å². The third-order valence-electron chi connectivity index (χ3n) is 11.1. The third kappa shape index (κ3) is 3.85. The lowest BCUT2D eigenvalue weighted by Gasteiger charge is -2.59. The van der Waals surface area contributed by atoms with Gasteiger partial charge in [0, 0.05) is 0 Å². The molecule has 0 nitrogen and oxygen atoms in total. The minimum Gasteiger partial charge on any atom is -0.0844 e. The smallest absolute Gasteiger partial charge is 0.0143 e. The van der Waals surface area contributed by atoms with Gasteiger partial charge >= 0.3 is 0 Å². The molecule has 0 radical (unpaired) electrons. The lowest BCUT2D eigenvalue weighted by atomic mass is 9.46. The van der Waals surface area contributed by atoms with Crippen LogP contribution in [0.4, 0.5) is 0 Å². The molecule has 0 aromatic carbocycles. The van der Waals surface area contributed by atoms with Crippen molar-refractivity contribution in [3.05, 3.63) is 11.6 Å². The van der Waals surface area contributed by atoms with E-state index in [0.717, 1.165) is 41.4 Å². The normalized spacial score (nSPS) is 44.2. The quantitative estimate of drug-likeness (QED) is 0.365. The number of hydrogen-bond donors (Lipinski definition) is 0. The Morgan fingerprint density at radius 2 is 1.70 bits per heavy atom. The molecule has 0 N–H and O–H groups in total. The minimum absolute atomic E-state index is 0.597. The van der Waals surface area contributed by atoms with Crippen LogP contribution in [-0.4, -0.2) is 0 Å². The Bertz CT molecular complexity index is 612. The van der Waals surface area contributed by atoms with Gasteiger partial charge in [-0.25, -0.2) is 0 Å². The Labute approximate surface area is 189 Å². The molecule has 3 fully saturated rings. The monoisotopic (exact) mass is 412 g/mol. The first-order chi connectivity index (χ1) is 14.3. The summed E-state index contributed by atoms with van der Waals surface area (Å²) >= 11 is 0. The van der Waals surface area contributed by atoms with E-state index in [2.05, 4.69) is 47.6 Å². The predicted molar refractivity (Wildman–Crippen MR) is 131 cm³/mol. The second kappa shape index (κ2) is 8.94. The summed E-state index contributed by atoms with van der Waals surface area (Å²) in [5.74, 6) is 6.59. The van der Waals surface area contributed by atoms with E-state index in [-0.39, 0.29) is 0 Å². The van der Waals surface area contributed by atoms with Crippen molar-refractivity contribution in [1.82, 2.24) is 0 Å². The van der Waals surface area contributed by atoms with Crippen LogP contribution in [0.2, 0.25) is 0 Å². The van der Waals surface area contributed by atoms with Gasteiger partial charge in [0.15, 0.2) is 0 Å². The van der Waals surface area contributed by atoms with Crippen LogP contribution in [0.15, 0.2) is 11.6 Å². The van der Waals surface area contributed by atoms with Crippen molar-refractivity contribution in [2.75, 3.05) is 0 Å². The van der Waals surface area contributed by atoms with Gasteiger partial charge in [-0.3, -0.25) is 0 Å². The highest BCUT2D eigenvalue weighted by Gasteiger charge is 2.58. The van der Waals surface area contributed by atoms with Crippen molar-refractivity contribution in [2.45, 2.75) is 125 Å². The molecule has 3 saturated carbocycles. The zero-order chi connectivity index (χ0) is 21.5. The molecule has 4 rings (SSSR count). The average Bonchev–Trinajstić information content (AvgIpc) is 3.05. The van der Waals surface area contributed by atoms with Crippen LogP contribution < -0.4 is 0 Å². The zero-order valence-corrected chi connectivity index (χ0v) is 21.3. The van der Waals surface area contributed by atoms with Crippen LogP contribution >= 0.6 is 0 Å². The van der Waals surface area contributed by atoms with Gasteiger partial charge in [-0.15, -0.1) is 0 Å². The predicted octanol–water partition coefficient (Wildman–Crippen LogP) is 9.44. The van der Waals surface area contributed by atoms with Crippen LogP contribution in [0.1, 0.15) is 125 Å². The SMILES string of the molecule is CCCC1CCC[C@@]2(C)C1CC=C1[C@@H]3CC[C@H]([C@H](C)CCCC(C)C)[C@@]3(C)CC[C@@H]12. The maximum Gasteiger partial charge on any atom is -0.0143 e. The Morgan fingerprint density at radius 1 is 0.933 bits per heavy atom. The summed E-state index contributed by atoms with van der Waals surface area (Å²) in [6.07, 6.45) is 22.0. The molecule has 0 aliphatic heterocycles. The third-order valence-corrected chi connectivity index (χ3v) is 11.1. The van der Waals surface area contributed by atoms with Gasteiger partial charge in [0.05, 0.1) is 0 Å². The van der Waals surface area contributed by atoms with E-state index in [1.807, 2.05) is 5.57 Å². The van der Waals surface area contributed by atoms with E-state index in [4.69, 9.17) is 0 Å². The Morgan fingerprint density at radius 3 is 2.43 bits per heavy atom. The highest BCUT2D eigenvalue weighted by molar-refractivity contribution is 5.28. The summed E-state index contributed by atoms with van der Waals surface area (Å²) in [6.45, 7) is 15.2. The molecule has 0 saturated heterocycles. The van der Waals surface area contributed by atoms with Crippen LogP contribution in [0.25, 0.3) is 0 Å². The fourth-order valence-corrected chi connectivity index (χ4v) is 9.56. The molecular formula is C30H52. The van der Waals surface area contributed by atoms with E-state index in [1.165, 1.54) is 83.5 Å². The maximum absolute atomic E-state index is 2.83. The Hall–Kier alpha value is -0.260. The van der Waals surface area contributed by atoms with Crippen LogP contribution in [0.3, 0.4) is 0 Å². The first kappa shape index (κ1) is 22.9. The number of fused-ring (bicyclic) bond motifs is 5. The minimum atomic E-state index is 0.597. The van der Waals surface area contributed by atoms with Gasteiger partial charge in [0.2, 0.25) is 0 Å². The highest BCUT2D eigenvalue weighted by Crippen LogP contribution is 2.67. The molecule has 8 atom stereocenters. The summed E-state index contributed by atoms with van der Waals surface area (Å²) in [5.41, 5.74) is 3.18. The van der Waals surface area contributed by atoms with Gasteiger partial charge in [-0.05, 0) is 90.8 Å². The van der Waals surface area contributed by atoms with Crippen molar-refractivity contribution in [1.29, 1.82) is 0 Å². The lowest BCUT2D eigenvalue weighted by Crippen LogP contribution is -2.50. The van der Waals surface area contributed by atoms with Gasteiger partial charge in [0.25, 0.3) is 0 Å². The second-order valence-corrected chi connectivity index (χ2v) is 13.1. The molecule has 0 bridgehead atoms. The molecule has 0 spiro atoms. The first-order valence-corrected chi connectivity index (χ1v) is 14.0. The van der Waals surface area contributed by atoms with Crippen molar-refractivity contribution >= 4 is 0 Å². The van der Waals surface area contributed by atoms with E-state index >= 15 is 0 Å². The molecule has 0 heteroatoms. The van der Waals surface area contributed by atoms with E-state index in [1.54, 1.807) is 0 Å². The average molecular weight is 413 g/mol. The number of allylic oxidation sites excluding steroid dienone is 2. The van der Waals surface area contributed by atoms with Crippen molar-refractivity contribution in [2.24, 2.45) is 52.3 Å². The summed E-state index contributed by atoms with van der Waals surface area (Å²) in [6, 6.07) is 0. The van der Waals surface area contributed by atoms with E-state index < -0.39 is 0 Å². The van der Waals surface area contributed by atoms with Gasteiger partial charge in [-0.2, -0.15) is 0 Å². The van der Waals surface area contributed by atoms with Crippen molar-refractivity contribution in [3.63, 3.8) is 0 Å². The zero-order valence-electron chi connectivity index (χ0n) is 21.3. The largest absolute Gasteiger partial charge is 0.0844 e. The van der Waals surface area contributed by atoms with Crippen molar-refractivity contribution in [3.8, 4) is 0 Å². The molecule has 172 valence electrons. The summed E-state index contributed by atoms with van der Waals surface area (Å²) < 4.78 is 0. The first-order valence-electron chi connectivity index (χ1n) is 14.0. The standard InChI is InChI=1S/C30H52/c1-7-10-23-13-9-19-29(5)26(23)15-14-24-27-17-16-25(22(4)12-8-11-21(2)3)30(27,6)20-18-28(24)29/h14,21-23,25-28H,7-13,15-20H2,1-6H3/t22-,23?,25-,26?,27+,28+,29+,30-/m1/s1. The molecule has 0 aromatic heterocycles. The molecular weight excluding hydrogens is 360 g/mol. The molecule has 2 unspecified atom stereocenters. The fraction of sp³-hybridized carbons (Fsp3) is 0.933. The lowest BCUT2D eigenvalue weighted by molar-refractivity contribution is -0.0346. The van der Waals surface area contributed by atoms with Crippen LogP contribution in [-0.2, 0) is 0 Å². The molecule has 30 heavy (non-hydrogen) atoms. The van der Waals surface area contributed by atoms with Gasteiger partial charge < -0.3 is 0 Å². The summed E-state index contributed by atoms with van der Waals surface area (Å²) in [4.78, 5) is 0.